The van der Waals surface area contributed by atoms with E-state index in [4.69, 9.17) is 38.9 Å². The van der Waals surface area contributed by atoms with Crippen molar-refractivity contribution in [2.24, 2.45) is 0 Å². The Kier molecular flexibility index (Phi) is 5.64. The molecule has 0 spiro atoms. The first-order chi connectivity index (χ1) is 11.4. The highest BCUT2D eigenvalue weighted by Crippen LogP contribution is 2.28. The molecule has 122 valence electrons. The van der Waals surface area contributed by atoms with Crippen LogP contribution in [0.3, 0.4) is 0 Å². The topological polar surface area (TPSA) is 105 Å². The molecule has 0 fully saturated rings. The van der Waals surface area contributed by atoms with Gasteiger partial charge in [0, 0.05) is 10.7 Å². The van der Waals surface area contributed by atoms with Crippen LogP contribution in [0.25, 0.3) is 0 Å². The van der Waals surface area contributed by atoms with Crippen molar-refractivity contribution in [3.8, 4) is 6.07 Å². The van der Waals surface area contributed by atoms with E-state index in [2.05, 4.69) is 5.32 Å². The van der Waals surface area contributed by atoms with E-state index in [0.29, 0.717) is 11.3 Å². The van der Waals surface area contributed by atoms with Gasteiger partial charge in [0.05, 0.1) is 27.9 Å². The summed E-state index contributed by atoms with van der Waals surface area (Å²) in [4.78, 5) is 23.8. The Labute approximate surface area is 147 Å². The highest BCUT2D eigenvalue weighted by Gasteiger charge is 2.16. The third-order valence-corrected chi connectivity index (χ3v) is 3.48. The molecule has 2 rings (SSSR count). The quantitative estimate of drug-likeness (QED) is 0.640. The van der Waals surface area contributed by atoms with Gasteiger partial charge in [-0.25, -0.2) is 4.79 Å². The monoisotopic (exact) mass is 363 g/mol. The number of rotatable bonds is 4. The van der Waals surface area contributed by atoms with Crippen LogP contribution >= 0.6 is 23.2 Å². The van der Waals surface area contributed by atoms with Crippen LogP contribution in [-0.4, -0.2) is 18.5 Å². The minimum absolute atomic E-state index is 0.0151. The van der Waals surface area contributed by atoms with Gasteiger partial charge in [0.15, 0.2) is 6.61 Å². The molecule has 0 bridgehead atoms. The molecule has 6 nitrogen and oxygen atoms in total. The van der Waals surface area contributed by atoms with Gasteiger partial charge in [0.2, 0.25) is 0 Å². The Hall–Kier alpha value is -2.75. The van der Waals surface area contributed by atoms with Crippen molar-refractivity contribution in [3.63, 3.8) is 0 Å². The molecule has 3 N–H and O–H groups in total. The zero-order valence-corrected chi connectivity index (χ0v) is 13.7. The number of amides is 1. The fraction of sp³-hybridized carbons (Fsp3) is 0.0625. The second-order valence-electron chi connectivity index (χ2n) is 4.66. The molecule has 0 atom stereocenters. The fourth-order valence-corrected chi connectivity index (χ4v) is 2.28. The molecule has 2 aromatic carbocycles. The highest BCUT2D eigenvalue weighted by molar-refractivity contribution is 6.37. The smallest absolute Gasteiger partial charge is 0.340 e. The number of benzene rings is 2. The minimum Gasteiger partial charge on any atom is -0.452 e. The molecule has 0 heterocycles. The molecular formula is C16H11Cl2N3O3. The number of anilines is 2. The van der Waals surface area contributed by atoms with Crippen LogP contribution in [0.15, 0.2) is 36.4 Å². The summed E-state index contributed by atoms with van der Waals surface area (Å²) in [6.45, 7) is -0.512. The average molecular weight is 364 g/mol. The maximum atomic E-state index is 12.0. The van der Waals surface area contributed by atoms with Crippen LogP contribution in [0.2, 0.25) is 10.0 Å². The Balaban J connectivity index is 1.96. The molecule has 0 aliphatic heterocycles. The van der Waals surface area contributed by atoms with Gasteiger partial charge in [-0.05, 0) is 36.4 Å². The number of hydrogen-bond donors (Lipinski definition) is 2. The number of nitrogens with zero attached hydrogens (tertiary/aromatic N) is 1. The molecule has 0 saturated carbocycles. The molecule has 0 unspecified atom stereocenters. The molecule has 0 saturated heterocycles. The van der Waals surface area contributed by atoms with E-state index in [1.165, 1.54) is 12.1 Å². The van der Waals surface area contributed by atoms with Gasteiger partial charge in [-0.3, -0.25) is 4.79 Å². The lowest BCUT2D eigenvalue weighted by Crippen LogP contribution is -2.21. The molecule has 2 aromatic rings. The van der Waals surface area contributed by atoms with Crippen molar-refractivity contribution < 1.29 is 14.3 Å². The Morgan fingerprint density at radius 3 is 2.50 bits per heavy atom. The number of nitrogens with one attached hydrogen (secondary N) is 1. The molecule has 0 aliphatic rings. The summed E-state index contributed by atoms with van der Waals surface area (Å²) in [6.07, 6.45) is 0. The number of hydrogen-bond acceptors (Lipinski definition) is 5. The van der Waals surface area contributed by atoms with Crippen LogP contribution in [0.4, 0.5) is 11.4 Å². The lowest BCUT2D eigenvalue weighted by atomic mass is 10.2. The van der Waals surface area contributed by atoms with Crippen molar-refractivity contribution in [1.29, 1.82) is 5.26 Å². The first-order valence-corrected chi connectivity index (χ1v) is 7.38. The van der Waals surface area contributed by atoms with E-state index < -0.39 is 18.5 Å². The van der Waals surface area contributed by atoms with Gasteiger partial charge < -0.3 is 15.8 Å². The lowest BCUT2D eigenvalue weighted by molar-refractivity contribution is -0.119. The summed E-state index contributed by atoms with van der Waals surface area (Å²) in [6, 6.07) is 10.9. The molecule has 0 radical (unpaired) electrons. The second kappa shape index (κ2) is 7.68. The summed E-state index contributed by atoms with van der Waals surface area (Å²) in [5, 5.41) is 11.6. The van der Waals surface area contributed by atoms with E-state index in [1.807, 2.05) is 6.07 Å². The number of halogens is 2. The predicted octanol–water partition coefficient (Wildman–Crippen LogP) is 3.24. The number of carbonyl (C=O) groups excluding carboxylic acids is 2. The molecule has 8 heteroatoms. The average Bonchev–Trinajstić information content (AvgIpc) is 2.56. The number of esters is 1. The Morgan fingerprint density at radius 2 is 1.88 bits per heavy atom. The summed E-state index contributed by atoms with van der Waals surface area (Å²) in [5.41, 5.74) is 6.64. The number of nitrogen functional groups attached to an aromatic ring is 1. The van der Waals surface area contributed by atoms with Gasteiger partial charge in [0.25, 0.3) is 5.91 Å². The van der Waals surface area contributed by atoms with Crippen molar-refractivity contribution >= 4 is 46.5 Å². The molecule has 1 amide bonds. The molecule has 0 aromatic heterocycles. The number of ether oxygens (including phenoxy) is 1. The SMILES string of the molecule is N#Cc1ccc(NC(=O)COC(=O)c2cc(Cl)cc(Cl)c2N)cc1. The summed E-state index contributed by atoms with van der Waals surface area (Å²) >= 11 is 11.6. The number of carbonyl (C=O) groups is 2. The van der Waals surface area contributed by atoms with Crippen LogP contribution in [0.5, 0.6) is 0 Å². The van der Waals surface area contributed by atoms with E-state index in [1.54, 1.807) is 24.3 Å². The zero-order chi connectivity index (χ0) is 17.7. The summed E-state index contributed by atoms with van der Waals surface area (Å²) in [5.74, 6) is -1.35. The van der Waals surface area contributed by atoms with Crippen LogP contribution in [0, 0.1) is 11.3 Å². The maximum absolute atomic E-state index is 12.0. The summed E-state index contributed by atoms with van der Waals surface area (Å²) < 4.78 is 4.90. The molecular weight excluding hydrogens is 353 g/mol. The first kappa shape index (κ1) is 17.6. The Morgan fingerprint density at radius 1 is 1.21 bits per heavy atom. The third kappa shape index (κ3) is 4.38. The largest absolute Gasteiger partial charge is 0.452 e. The van der Waals surface area contributed by atoms with Gasteiger partial charge in [-0.1, -0.05) is 23.2 Å². The second-order valence-corrected chi connectivity index (χ2v) is 5.51. The number of nitriles is 1. The Bertz CT molecular complexity index is 830. The predicted molar refractivity (Wildman–Crippen MR) is 90.9 cm³/mol. The summed E-state index contributed by atoms with van der Waals surface area (Å²) in [7, 11) is 0. The van der Waals surface area contributed by atoms with Crippen molar-refractivity contribution in [1.82, 2.24) is 0 Å². The van der Waals surface area contributed by atoms with Crippen molar-refractivity contribution in [2.45, 2.75) is 0 Å². The van der Waals surface area contributed by atoms with Crippen molar-refractivity contribution in [3.05, 3.63) is 57.6 Å². The van der Waals surface area contributed by atoms with Gasteiger partial charge in [0.1, 0.15) is 0 Å². The van der Waals surface area contributed by atoms with Crippen molar-refractivity contribution in [2.75, 3.05) is 17.7 Å². The first-order valence-electron chi connectivity index (χ1n) is 6.62. The van der Waals surface area contributed by atoms with Crippen LogP contribution in [-0.2, 0) is 9.53 Å². The highest BCUT2D eigenvalue weighted by atomic mass is 35.5. The molecule has 24 heavy (non-hydrogen) atoms. The van der Waals surface area contributed by atoms with E-state index >= 15 is 0 Å². The zero-order valence-electron chi connectivity index (χ0n) is 12.2. The standard InChI is InChI=1S/C16H11Cl2N3O3/c17-10-5-12(15(20)13(18)6-10)16(23)24-8-14(22)21-11-3-1-9(7-19)2-4-11/h1-6H,8,20H2,(H,21,22). The molecule has 0 aliphatic carbocycles. The number of nitrogens with two attached hydrogens (primary N) is 1. The normalized spacial score (nSPS) is 9.88. The lowest BCUT2D eigenvalue weighted by Gasteiger charge is -2.09. The fourth-order valence-electron chi connectivity index (χ4n) is 1.79. The minimum atomic E-state index is -0.813. The van der Waals surface area contributed by atoms with E-state index in [0.717, 1.165) is 0 Å². The van der Waals surface area contributed by atoms with E-state index in [9.17, 15) is 9.59 Å². The van der Waals surface area contributed by atoms with Crippen LogP contribution in [0.1, 0.15) is 15.9 Å². The maximum Gasteiger partial charge on any atom is 0.340 e. The van der Waals surface area contributed by atoms with Crippen LogP contribution < -0.4 is 11.1 Å². The van der Waals surface area contributed by atoms with E-state index in [-0.39, 0.29) is 21.3 Å². The van der Waals surface area contributed by atoms with Gasteiger partial charge in [-0.15, -0.1) is 0 Å². The third-order valence-electron chi connectivity index (χ3n) is 2.95. The van der Waals surface area contributed by atoms with Gasteiger partial charge in [-0.2, -0.15) is 5.26 Å². The van der Waals surface area contributed by atoms with Gasteiger partial charge >= 0.3 is 5.97 Å².